The third-order valence-electron chi connectivity index (χ3n) is 2.78. The number of hydrogen-bond donors (Lipinski definition) is 0. The van der Waals surface area contributed by atoms with Gasteiger partial charge in [-0.15, -0.1) is 0 Å². The van der Waals surface area contributed by atoms with Gasteiger partial charge in [-0.25, -0.2) is 4.79 Å². The van der Waals surface area contributed by atoms with Gasteiger partial charge in [-0.05, 0) is 24.3 Å². The number of benzene rings is 1. The summed E-state index contributed by atoms with van der Waals surface area (Å²) in [5, 5.41) is 0. The summed E-state index contributed by atoms with van der Waals surface area (Å²) >= 11 is 0. The van der Waals surface area contributed by atoms with E-state index in [-0.39, 0.29) is 22.6 Å². The molecule has 1 aromatic carbocycles. The smallest absolute Gasteiger partial charge is 0.338 e. The van der Waals surface area contributed by atoms with E-state index in [1.165, 1.54) is 26.5 Å². The number of pyridine rings is 1. The second-order valence-corrected chi connectivity index (χ2v) is 3.92. The molecule has 0 atom stereocenters. The van der Waals surface area contributed by atoms with Crippen molar-refractivity contribution in [1.82, 2.24) is 4.98 Å². The monoisotopic (exact) mass is 271 g/mol. The van der Waals surface area contributed by atoms with E-state index in [4.69, 9.17) is 9.47 Å². The number of methoxy groups -OCH3 is 2. The number of carbonyl (C=O) groups excluding carboxylic acids is 2. The number of aromatic nitrogens is 1. The first kappa shape index (κ1) is 13.7. The Hall–Kier alpha value is -2.69. The first-order valence-corrected chi connectivity index (χ1v) is 5.90. The van der Waals surface area contributed by atoms with Crippen LogP contribution in [0.5, 0.6) is 5.75 Å². The molecule has 0 amide bonds. The van der Waals surface area contributed by atoms with E-state index in [0.717, 1.165) is 0 Å². The summed E-state index contributed by atoms with van der Waals surface area (Å²) in [4.78, 5) is 28.3. The molecule has 1 heterocycles. The zero-order valence-corrected chi connectivity index (χ0v) is 11.1. The molecule has 0 fully saturated rings. The Bertz CT molecular complexity index is 638. The third-order valence-corrected chi connectivity index (χ3v) is 2.78. The molecule has 0 saturated heterocycles. The van der Waals surface area contributed by atoms with Crippen molar-refractivity contribution in [3.05, 3.63) is 59.4 Å². The van der Waals surface area contributed by atoms with Crippen LogP contribution in [0.3, 0.4) is 0 Å². The molecule has 0 bridgehead atoms. The van der Waals surface area contributed by atoms with Gasteiger partial charge < -0.3 is 9.47 Å². The summed E-state index contributed by atoms with van der Waals surface area (Å²) in [5.41, 5.74) is 0.546. The lowest BCUT2D eigenvalue weighted by atomic mass is 10.00. The summed E-state index contributed by atoms with van der Waals surface area (Å²) in [6, 6.07) is 9.75. The molecule has 5 nitrogen and oxygen atoms in total. The van der Waals surface area contributed by atoms with Crippen LogP contribution < -0.4 is 4.74 Å². The molecule has 0 aliphatic rings. The fourth-order valence-corrected chi connectivity index (χ4v) is 1.84. The second-order valence-electron chi connectivity index (χ2n) is 3.92. The van der Waals surface area contributed by atoms with E-state index < -0.39 is 5.97 Å². The predicted molar refractivity (Wildman–Crippen MR) is 72.0 cm³/mol. The van der Waals surface area contributed by atoms with Crippen molar-refractivity contribution in [3.8, 4) is 5.75 Å². The largest absolute Gasteiger partial charge is 0.496 e. The van der Waals surface area contributed by atoms with Crippen molar-refractivity contribution >= 4 is 11.8 Å². The molecule has 0 unspecified atom stereocenters. The van der Waals surface area contributed by atoms with Gasteiger partial charge in [0.2, 0.25) is 5.78 Å². The average Bonchev–Trinajstić information content (AvgIpc) is 2.53. The van der Waals surface area contributed by atoms with Crippen molar-refractivity contribution in [3.63, 3.8) is 0 Å². The number of esters is 1. The van der Waals surface area contributed by atoms with Gasteiger partial charge in [-0.2, -0.15) is 0 Å². The molecule has 0 saturated carbocycles. The zero-order valence-electron chi connectivity index (χ0n) is 11.1. The Morgan fingerprint density at radius 1 is 1.05 bits per heavy atom. The van der Waals surface area contributed by atoms with Gasteiger partial charge in [-0.3, -0.25) is 9.78 Å². The first-order valence-electron chi connectivity index (χ1n) is 5.90. The van der Waals surface area contributed by atoms with Crippen molar-refractivity contribution in [1.29, 1.82) is 0 Å². The molecular formula is C15H13NO4. The van der Waals surface area contributed by atoms with Gasteiger partial charge >= 0.3 is 5.97 Å². The van der Waals surface area contributed by atoms with E-state index in [2.05, 4.69) is 4.98 Å². The number of ether oxygens (including phenoxy) is 2. The second kappa shape index (κ2) is 5.97. The molecule has 0 spiro atoms. The van der Waals surface area contributed by atoms with Crippen LogP contribution in [0.4, 0.5) is 0 Å². The number of rotatable bonds is 4. The molecule has 102 valence electrons. The molecule has 2 rings (SSSR count). The van der Waals surface area contributed by atoms with Crippen LogP contribution in [-0.2, 0) is 4.74 Å². The maximum Gasteiger partial charge on any atom is 0.338 e. The summed E-state index contributed by atoms with van der Waals surface area (Å²) in [7, 11) is 2.70. The number of nitrogens with zero attached hydrogens (tertiary/aromatic N) is 1. The zero-order chi connectivity index (χ0) is 14.5. The number of carbonyl (C=O) groups is 2. The minimum Gasteiger partial charge on any atom is -0.496 e. The minimum atomic E-state index is -0.594. The summed E-state index contributed by atoms with van der Waals surface area (Å²) in [6.45, 7) is 0. The maximum atomic E-state index is 12.5. The van der Waals surface area contributed by atoms with E-state index in [1.807, 2.05) is 0 Å². The third kappa shape index (κ3) is 2.51. The Kier molecular flexibility index (Phi) is 4.10. The molecule has 0 radical (unpaired) electrons. The lowest BCUT2D eigenvalue weighted by Crippen LogP contribution is -2.13. The predicted octanol–water partition coefficient (Wildman–Crippen LogP) is 2.11. The van der Waals surface area contributed by atoms with E-state index in [9.17, 15) is 9.59 Å². The van der Waals surface area contributed by atoms with Crippen molar-refractivity contribution in [2.75, 3.05) is 14.2 Å². The minimum absolute atomic E-state index is 0.153. The molecule has 20 heavy (non-hydrogen) atoms. The van der Waals surface area contributed by atoms with Gasteiger partial charge in [0.25, 0.3) is 0 Å². The van der Waals surface area contributed by atoms with Gasteiger partial charge in [0, 0.05) is 6.20 Å². The van der Waals surface area contributed by atoms with Crippen molar-refractivity contribution in [2.24, 2.45) is 0 Å². The topological polar surface area (TPSA) is 65.5 Å². The Morgan fingerprint density at radius 3 is 2.45 bits per heavy atom. The SMILES string of the molecule is COC(=O)c1cccc(OC)c1C(=O)c1ccccn1. The first-order chi connectivity index (χ1) is 9.69. The quantitative estimate of drug-likeness (QED) is 0.629. The normalized spacial score (nSPS) is 9.90. The highest BCUT2D eigenvalue weighted by Crippen LogP contribution is 2.25. The molecule has 2 aromatic rings. The van der Waals surface area contributed by atoms with Gasteiger partial charge in [0.1, 0.15) is 11.4 Å². The fourth-order valence-electron chi connectivity index (χ4n) is 1.84. The Balaban J connectivity index is 2.59. The van der Waals surface area contributed by atoms with E-state index >= 15 is 0 Å². The standard InChI is InChI=1S/C15H13NO4/c1-19-12-8-5-6-10(15(18)20-2)13(12)14(17)11-7-3-4-9-16-11/h3-9H,1-2H3. The van der Waals surface area contributed by atoms with Crippen LogP contribution in [0.1, 0.15) is 26.4 Å². The molecule has 0 aliphatic heterocycles. The lowest BCUT2D eigenvalue weighted by Gasteiger charge is -2.11. The lowest BCUT2D eigenvalue weighted by molar-refractivity contribution is 0.0597. The van der Waals surface area contributed by atoms with Crippen LogP contribution in [-0.4, -0.2) is 31.0 Å². The Labute approximate surface area is 116 Å². The van der Waals surface area contributed by atoms with Crippen LogP contribution in [0.15, 0.2) is 42.6 Å². The summed E-state index contributed by atoms with van der Waals surface area (Å²) in [5.74, 6) is -0.671. The van der Waals surface area contributed by atoms with Gasteiger partial charge in [-0.1, -0.05) is 12.1 Å². The van der Waals surface area contributed by atoms with Crippen LogP contribution in [0, 0.1) is 0 Å². The average molecular weight is 271 g/mol. The fraction of sp³-hybridized carbons (Fsp3) is 0.133. The number of ketones is 1. The van der Waals surface area contributed by atoms with E-state index in [0.29, 0.717) is 5.75 Å². The number of hydrogen-bond acceptors (Lipinski definition) is 5. The summed E-state index contributed by atoms with van der Waals surface area (Å²) in [6.07, 6.45) is 1.51. The van der Waals surface area contributed by atoms with Crippen molar-refractivity contribution in [2.45, 2.75) is 0 Å². The van der Waals surface area contributed by atoms with Crippen molar-refractivity contribution < 1.29 is 19.1 Å². The maximum absolute atomic E-state index is 12.5. The van der Waals surface area contributed by atoms with Gasteiger partial charge in [0.05, 0.1) is 25.3 Å². The van der Waals surface area contributed by atoms with E-state index in [1.54, 1.807) is 30.3 Å². The highest BCUT2D eigenvalue weighted by molar-refractivity contribution is 6.15. The molecule has 5 heteroatoms. The molecular weight excluding hydrogens is 258 g/mol. The molecule has 0 aliphatic carbocycles. The molecule has 1 aromatic heterocycles. The highest BCUT2D eigenvalue weighted by Gasteiger charge is 2.23. The highest BCUT2D eigenvalue weighted by atomic mass is 16.5. The van der Waals surface area contributed by atoms with Crippen LogP contribution in [0.25, 0.3) is 0 Å². The molecule has 0 N–H and O–H groups in total. The van der Waals surface area contributed by atoms with Crippen LogP contribution >= 0.6 is 0 Å². The van der Waals surface area contributed by atoms with Gasteiger partial charge in [0.15, 0.2) is 0 Å². The van der Waals surface area contributed by atoms with Crippen LogP contribution in [0.2, 0.25) is 0 Å². The Morgan fingerprint density at radius 2 is 1.85 bits per heavy atom. The summed E-state index contributed by atoms with van der Waals surface area (Å²) < 4.78 is 9.86.